The van der Waals surface area contributed by atoms with E-state index in [9.17, 15) is 4.79 Å². The topological polar surface area (TPSA) is 84.6 Å². The van der Waals surface area contributed by atoms with Gasteiger partial charge in [-0.25, -0.2) is 4.98 Å². The number of nitrogens with zero attached hydrogens (tertiary/aromatic N) is 5. The molecule has 1 amide bonds. The maximum absolute atomic E-state index is 12.9. The van der Waals surface area contributed by atoms with E-state index in [1.165, 1.54) is 0 Å². The molecule has 1 saturated heterocycles. The Labute approximate surface area is 191 Å². The first-order valence-corrected chi connectivity index (χ1v) is 10.8. The quantitative estimate of drug-likeness (QED) is 0.459. The summed E-state index contributed by atoms with van der Waals surface area (Å²) in [4.78, 5) is 25.8. The third kappa shape index (κ3) is 4.69. The van der Waals surface area contributed by atoms with Crippen LogP contribution in [-0.4, -0.2) is 52.1 Å². The van der Waals surface area contributed by atoms with Crippen molar-refractivity contribution in [3.63, 3.8) is 0 Å². The monoisotopic (exact) mass is 441 g/mol. The van der Waals surface area contributed by atoms with Gasteiger partial charge in [0.15, 0.2) is 11.5 Å². The number of amides is 1. The van der Waals surface area contributed by atoms with Crippen LogP contribution < -0.4 is 9.64 Å². The van der Waals surface area contributed by atoms with Crippen LogP contribution in [0.3, 0.4) is 0 Å². The van der Waals surface area contributed by atoms with Crippen LogP contribution in [0.5, 0.6) is 11.6 Å². The molecule has 3 heterocycles. The molecule has 0 radical (unpaired) electrons. The highest BCUT2D eigenvalue weighted by Gasteiger charge is 2.26. The number of rotatable bonds is 5. The number of piperazine rings is 1. The van der Waals surface area contributed by atoms with Gasteiger partial charge in [0.25, 0.3) is 5.91 Å². The van der Waals surface area contributed by atoms with Crippen molar-refractivity contribution in [1.82, 2.24) is 20.0 Å². The first-order valence-electron chi connectivity index (χ1n) is 10.8. The molecule has 0 aliphatic carbocycles. The lowest BCUT2D eigenvalue weighted by Gasteiger charge is -2.35. The molecule has 0 unspecified atom stereocenters. The van der Waals surface area contributed by atoms with E-state index in [-0.39, 0.29) is 5.91 Å². The molecule has 0 N–H and O–H groups in total. The van der Waals surface area contributed by atoms with Gasteiger partial charge in [0.1, 0.15) is 17.4 Å². The van der Waals surface area contributed by atoms with Crippen LogP contribution in [0, 0.1) is 6.92 Å². The first kappa shape index (κ1) is 20.7. The summed E-state index contributed by atoms with van der Waals surface area (Å²) >= 11 is 0. The van der Waals surface area contributed by atoms with E-state index in [4.69, 9.17) is 9.26 Å². The van der Waals surface area contributed by atoms with Crippen LogP contribution in [0.1, 0.15) is 16.3 Å². The Balaban J connectivity index is 1.24. The molecular weight excluding hydrogens is 418 g/mol. The smallest absolute Gasteiger partial charge is 0.276 e. The van der Waals surface area contributed by atoms with E-state index in [0.29, 0.717) is 49.3 Å². The Kier molecular flexibility index (Phi) is 5.72. The third-order valence-electron chi connectivity index (χ3n) is 5.45. The summed E-state index contributed by atoms with van der Waals surface area (Å²) in [6.07, 6.45) is 0. The van der Waals surface area contributed by atoms with Gasteiger partial charge < -0.3 is 19.1 Å². The number of carbonyl (C=O) groups excluding carboxylic acids is 1. The van der Waals surface area contributed by atoms with E-state index in [1.54, 1.807) is 11.0 Å². The molecule has 166 valence electrons. The second-order valence-electron chi connectivity index (χ2n) is 7.75. The second-order valence-corrected chi connectivity index (χ2v) is 7.75. The van der Waals surface area contributed by atoms with Crippen molar-refractivity contribution in [1.29, 1.82) is 0 Å². The number of hydrogen-bond acceptors (Lipinski definition) is 7. The fourth-order valence-corrected chi connectivity index (χ4v) is 3.76. The molecule has 33 heavy (non-hydrogen) atoms. The summed E-state index contributed by atoms with van der Waals surface area (Å²) in [7, 11) is 0. The van der Waals surface area contributed by atoms with Crippen LogP contribution in [0.4, 0.5) is 5.82 Å². The summed E-state index contributed by atoms with van der Waals surface area (Å²) in [5.74, 6) is 3.09. The van der Waals surface area contributed by atoms with Crippen molar-refractivity contribution in [2.45, 2.75) is 6.92 Å². The molecule has 0 atom stereocenters. The molecular formula is C25H23N5O3. The molecule has 0 bridgehead atoms. The van der Waals surface area contributed by atoms with Crippen LogP contribution in [0.2, 0.25) is 0 Å². The van der Waals surface area contributed by atoms with E-state index in [0.717, 1.165) is 17.1 Å². The van der Waals surface area contributed by atoms with Crippen LogP contribution >= 0.6 is 0 Å². The highest BCUT2D eigenvalue weighted by Crippen LogP contribution is 2.25. The van der Waals surface area contributed by atoms with Crippen molar-refractivity contribution >= 4 is 11.7 Å². The lowest BCUT2D eigenvalue weighted by Crippen LogP contribution is -2.49. The van der Waals surface area contributed by atoms with Gasteiger partial charge >= 0.3 is 0 Å². The maximum Gasteiger partial charge on any atom is 0.276 e. The predicted octanol–water partition coefficient (Wildman–Crippen LogP) is 4.19. The summed E-state index contributed by atoms with van der Waals surface area (Å²) < 4.78 is 11.3. The van der Waals surface area contributed by atoms with Gasteiger partial charge in [-0.1, -0.05) is 53.7 Å². The van der Waals surface area contributed by atoms with Crippen molar-refractivity contribution in [3.8, 4) is 23.0 Å². The van der Waals surface area contributed by atoms with E-state index in [1.807, 2.05) is 73.7 Å². The lowest BCUT2D eigenvalue weighted by atomic mass is 10.1. The van der Waals surface area contributed by atoms with Crippen molar-refractivity contribution in [2.24, 2.45) is 0 Å². The maximum atomic E-state index is 12.9. The van der Waals surface area contributed by atoms with Gasteiger partial charge in [-0.05, 0) is 19.1 Å². The average molecular weight is 441 g/mol. The Hall–Kier alpha value is -4.20. The minimum absolute atomic E-state index is 0.132. The zero-order chi connectivity index (χ0) is 22.6. The van der Waals surface area contributed by atoms with Crippen molar-refractivity contribution < 1.29 is 14.1 Å². The lowest BCUT2D eigenvalue weighted by molar-refractivity contribution is 0.0736. The Morgan fingerprint density at radius 2 is 1.61 bits per heavy atom. The number of aryl methyl sites for hydroxylation is 1. The number of benzene rings is 2. The summed E-state index contributed by atoms with van der Waals surface area (Å²) in [5, 5.41) is 3.99. The summed E-state index contributed by atoms with van der Waals surface area (Å²) in [6, 6.07) is 22.7. The molecule has 0 saturated carbocycles. The van der Waals surface area contributed by atoms with Crippen LogP contribution in [0.15, 0.2) is 77.3 Å². The van der Waals surface area contributed by atoms with Gasteiger partial charge in [-0.3, -0.25) is 4.79 Å². The summed E-state index contributed by atoms with van der Waals surface area (Å²) in [6.45, 7) is 4.26. The average Bonchev–Trinajstić information content (AvgIpc) is 3.35. The number of para-hydroxylation sites is 1. The third-order valence-corrected chi connectivity index (χ3v) is 5.45. The largest absolute Gasteiger partial charge is 0.439 e. The molecule has 4 aromatic rings. The van der Waals surface area contributed by atoms with Gasteiger partial charge in [-0.15, -0.1) is 0 Å². The predicted molar refractivity (Wildman–Crippen MR) is 123 cm³/mol. The molecule has 1 fully saturated rings. The van der Waals surface area contributed by atoms with Crippen LogP contribution in [0.25, 0.3) is 11.3 Å². The standard InChI is InChI=1S/C25H23N5O3/c1-18-26-23(17-24(27-18)32-20-10-6-3-7-11-20)29-12-14-30(15-13-29)25(31)21-16-22(33-28-21)19-8-4-2-5-9-19/h2-11,16-17H,12-15H2,1H3. The SMILES string of the molecule is Cc1nc(Oc2ccccc2)cc(N2CCN(C(=O)c3cc(-c4ccccc4)on3)CC2)n1. The minimum Gasteiger partial charge on any atom is -0.439 e. The molecule has 1 aliphatic rings. The molecule has 5 rings (SSSR count). The Morgan fingerprint density at radius 1 is 0.909 bits per heavy atom. The Bertz CT molecular complexity index is 1240. The fraction of sp³-hybridized carbons (Fsp3) is 0.200. The fourth-order valence-electron chi connectivity index (χ4n) is 3.76. The van der Waals surface area contributed by atoms with Gasteiger partial charge in [0.05, 0.1) is 0 Å². The molecule has 2 aromatic carbocycles. The van der Waals surface area contributed by atoms with Crippen LogP contribution in [-0.2, 0) is 0 Å². The highest BCUT2D eigenvalue weighted by molar-refractivity contribution is 5.93. The van der Waals surface area contributed by atoms with Gasteiger partial charge in [0, 0.05) is 43.9 Å². The van der Waals surface area contributed by atoms with E-state index < -0.39 is 0 Å². The normalized spacial score (nSPS) is 13.7. The molecule has 1 aliphatic heterocycles. The van der Waals surface area contributed by atoms with E-state index in [2.05, 4.69) is 20.0 Å². The zero-order valence-corrected chi connectivity index (χ0v) is 18.2. The Morgan fingerprint density at radius 3 is 2.33 bits per heavy atom. The molecule has 2 aromatic heterocycles. The summed E-state index contributed by atoms with van der Waals surface area (Å²) in [5.41, 5.74) is 1.21. The van der Waals surface area contributed by atoms with Crippen molar-refractivity contribution in [2.75, 3.05) is 31.1 Å². The van der Waals surface area contributed by atoms with Crippen molar-refractivity contribution in [3.05, 3.63) is 84.3 Å². The van der Waals surface area contributed by atoms with Gasteiger partial charge in [0.2, 0.25) is 5.88 Å². The van der Waals surface area contributed by atoms with E-state index >= 15 is 0 Å². The molecule has 8 heteroatoms. The number of ether oxygens (including phenoxy) is 1. The number of hydrogen-bond donors (Lipinski definition) is 0. The molecule has 0 spiro atoms. The first-order chi connectivity index (χ1) is 16.2. The highest BCUT2D eigenvalue weighted by atomic mass is 16.5. The number of anilines is 1. The molecule has 8 nitrogen and oxygen atoms in total. The number of carbonyl (C=O) groups is 1. The second kappa shape index (κ2) is 9.12. The van der Waals surface area contributed by atoms with Gasteiger partial charge in [-0.2, -0.15) is 4.98 Å². The number of aromatic nitrogens is 3. The zero-order valence-electron chi connectivity index (χ0n) is 18.2. The minimum atomic E-state index is -0.132.